The van der Waals surface area contributed by atoms with Gasteiger partial charge in [-0.1, -0.05) is 78.3 Å². The highest BCUT2D eigenvalue weighted by Gasteiger charge is 2.23. The lowest BCUT2D eigenvalue weighted by Crippen LogP contribution is -2.20. The first kappa shape index (κ1) is 20.2. The summed E-state index contributed by atoms with van der Waals surface area (Å²) in [4.78, 5) is 12.3. The topological polar surface area (TPSA) is 54.3 Å². The van der Waals surface area contributed by atoms with Crippen LogP contribution in [0.3, 0.4) is 0 Å². The molecule has 0 aliphatic carbocycles. The summed E-state index contributed by atoms with van der Waals surface area (Å²) in [6.45, 7) is 2.93. The predicted octanol–water partition coefficient (Wildman–Crippen LogP) is 5.89. The Hall–Kier alpha value is -3.08. The van der Waals surface area contributed by atoms with E-state index in [0.717, 1.165) is 27.6 Å². The summed E-state index contributed by atoms with van der Waals surface area (Å²) in [5.74, 6) is -0.942. The molecular formula is C25H23ClN2O2. The lowest BCUT2D eigenvalue weighted by molar-refractivity contribution is 0.0684. The van der Waals surface area contributed by atoms with Crippen LogP contribution in [0.2, 0.25) is 5.02 Å². The van der Waals surface area contributed by atoms with Gasteiger partial charge in [-0.2, -0.15) is 0 Å². The van der Waals surface area contributed by atoms with E-state index in [1.54, 1.807) is 0 Å². The molecule has 4 nitrogen and oxygen atoms in total. The molecule has 1 aromatic heterocycles. The number of carbonyl (C=O) groups is 1. The van der Waals surface area contributed by atoms with Crippen molar-refractivity contribution in [2.75, 3.05) is 0 Å². The molecule has 5 heteroatoms. The molecule has 0 saturated carbocycles. The van der Waals surface area contributed by atoms with Gasteiger partial charge in [0.1, 0.15) is 5.69 Å². The van der Waals surface area contributed by atoms with Gasteiger partial charge in [0.15, 0.2) is 0 Å². The molecule has 0 aliphatic heterocycles. The average molecular weight is 419 g/mol. The van der Waals surface area contributed by atoms with Crippen molar-refractivity contribution in [2.45, 2.75) is 26.1 Å². The lowest BCUT2D eigenvalue weighted by Gasteiger charge is -2.15. The minimum atomic E-state index is -0.942. The van der Waals surface area contributed by atoms with Crippen molar-refractivity contribution in [1.82, 2.24) is 9.88 Å². The summed E-state index contributed by atoms with van der Waals surface area (Å²) in [5, 5.41) is 15.2. The van der Waals surface area contributed by atoms with Gasteiger partial charge in [-0.25, -0.2) is 4.79 Å². The third-order valence-corrected chi connectivity index (χ3v) is 5.82. The number of hydrogen-bond acceptors (Lipinski definition) is 2. The van der Waals surface area contributed by atoms with E-state index in [1.807, 2.05) is 71.3 Å². The van der Waals surface area contributed by atoms with Crippen molar-refractivity contribution in [2.24, 2.45) is 0 Å². The van der Waals surface area contributed by atoms with Crippen molar-refractivity contribution in [3.8, 4) is 0 Å². The number of benzene rings is 3. The van der Waals surface area contributed by atoms with E-state index in [9.17, 15) is 9.90 Å². The molecule has 1 unspecified atom stereocenters. The highest BCUT2D eigenvalue weighted by molar-refractivity contribution is 6.31. The monoisotopic (exact) mass is 418 g/mol. The number of nitrogens with zero attached hydrogens (tertiary/aromatic N) is 1. The highest BCUT2D eigenvalue weighted by atomic mass is 35.5. The second-order valence-corrected chi connectivity index (χ2v) is 7.75. The van der Waals surface area contributed by atoms with E-state index >= 15 is 0 Å². The summed E-state index contributed by atoms with van der Waals surface area (Å²) >= 11 is 6.36. The SMILES string of the molecule is CC(NCc1c(C(=O)O)n(Cc2ccccc2Cl)c2ccccc12)c1ccccc1. The van der Waals surface area contributed by atoms with E-state index in [1.165, 1.54) is 0 Å². The molecule has 3 aromatic carbocycles. The molecule has 0 spiro atoms. The van der Waals surface area contributed by atoms with Crippen molar-refractivity contribution in [3.05, 3.63) is 106 Å². The lowest BCUT2D eigenvalue weighted by atomic mass is 10.1. The summed E-state index contributed by atoms with van der Waals surface area (Å²) in [6, 6.07) is 25.6. The Kier molecular flexibility index (Phi) is 5.88. The van der Waals surface area contributed by atoms with Gasteiger partial charge in [0.2, 0.25) is 0 Å². The van der Waals surface area contributed by atoms with Crippen LogP contribution in [0.25, 0.3) is 10.9 Å². The van der Waals surface area contributed by atoms with Gasteiger partial charge in [-0.05, 0) is 30.2 Å². The third kappa shape index (κ3) is 3.97. The fraction of sp³-hybridized carbons (Fsp3) is 0.160. The van der Waals surface area contributed by atoms with E-state index in [2.05, 4.69) is 24.4 Å². The number of nitrogens with one attached hydrogen (secondary N) is 1. The molecule has 0 amide bonds. The van der Waals surface area contributed by atoms with Gasteiger partial charge in [0.25, 0.3) is 0 Å². The molecule has 4 rings (SSSR count). The normalized spacial score (nSPS) is 12.2. The minimum Gasteiger partial charge on any atom is -0.477 e. The number of rotatable bonds is 7. The summed E-state index contributed by atoms with van der Waals surface area (Å²) in [5.41, 5.74) is 4.02. The Morgan fingerprint density at radius 3 is 2.40 bits per heavy atom. The van der Waals surface area contributed by atoms with Crippen LogP contribution in [0.5, 0.6) is 0 Å². The predicted molar refractivity (Wildman–Crippen MR) is 121 cm³/mol. The molecule has 0 aliphatic rings. The molecule has 1 heterocycles. The van der Waals surface area contributed by atoms with Crippen molar-refractivity contribution < 1.29 is 9.90 Å². The Balaban J connectivity index is 1.75. The van der Waals surface area contributed by atoms with Crippen molar-refractivity contribution in [3.63, 3.8) is 0 Å². The number of hydrogen-bond donors (Lipinski definition) is 2. The minimum absolute atomic E-state index is 0.0959. The molecule has 4 aromatic rings. The van der Waals surface area contributed by atoms with Gasteiger partial charge < -0.3 is 15.0 Å². The number of para-hydroxylation sites is 1. The van der Waals surface area contributed by atoms with Crippen molar-refractivity contribution in [1.29, 1.82) is 0 Å². The second-order valence-electron chi connectivity index (χ2n) is 7.34. The molecule has 0 saturated heterocycles. The fourth-order valence-corrected chi connectivity index (χ4v) is 4.07. The smallest absolute Gasteiger partial charge is 0.352 e. The second kappa shape index (κ2) is 8.74. The Morgan fingerprint density at radius 2 is 1.67 bits per heavy atom. The number of carboxylic acids is 1. The first-order valence-corrected chi connectivity index (χ1v) is 10.3. The maximum absolute atomic E-state index is 12.3. The third-order valence-electron chi connectivity index (χ3n) is 5.45. The molecule has 0 bridgehead atoms. The van der Waals surface area contributed by atoms with E-state index in [-0.39, 0.29) is 6.04 Å². The molecule has 0 radical (unpaired) electrons. The fourth-order valence-electron chi connectivity index (χ4n) is 3.87. The summed E-state index contributed by atoms with van der Waals surface area (Å²) in [7, 11) is 0. The Bertz CT molecular complexity index is 1180. The standard InChI is InChI=1S/C25H23ClN2O2/c1-17(18-9-3-2-4-10-18)27-15-21-20-12-6-8-14-23(20)28(24(21)25(29)30)16-19-11-5-7-13-22(19)26/h2-14,17,27H,15-16H2,1H3,(H,29,30). The van der Waals surface area contributed by atoms with Gasteiger partial charge in [-0.15, -0.1) is 0 Å². The number of halogens is 1. The van der Waals surface area contributed by atoms with Crippen LogP contribution < -0.4 is 5.32 Å². The van der Waals surface area contributed by atoms with Crippen LogP contribution in [0.15, 0.2) is 78.9 Å². The zero-order valence-corrected chi connectivity index (χ0v) is 17.4. The summed E-state index contributed by atoms with van der Waals surface area (Å²) in [6.07, 6.45) is 0. The summed E-state index contributed by atoms with van der Waals surface area (Å²) < 4.78 is 1.85. The Labute approximate surface area is 180 Å². The van der Waals surface area contributed by atoms with Crippen LogP contribution in [-0.2, 0) is 13.1 Å². The van der Waals surface area contributed by atoms with E-state index < -0.39 is 5.97 Å². The molecule has 1 atom stereocenters. The maximum atomic E-state index is 12.3. The quantitative estimate of drug-likeness (QED) is 0.393. The van der Waals surface area contributed by atoms with Gasteiger partial charge in [0.05, 0.1) is 0 Å². The molecule has 152 valence electrons. The van der Waals surface area contributed by atoms with Gasteiger partial charge >= 0.3 is 5.97 Å². The number of aromatic nitrogens is 1. The zero-order chi connectivity index (χ0) is 21.1. The van der Waals surface area contributed by atoms with Crippen LogP contribution in [0.4, 0.5) is 0 Å². The Morgan fingerprint density at radius 1 is 1.00 bits per heavy atom. The van der Waals surface area contributed by atoms with Crippen LogP contribution in [0, 0.1) is 0 Å². The molecule has 0 fully saturated rings. The highest BCUT2D eigenvalue weighted by Crippen LogP contribution is 2.29. The molecule has 2 N–H and O–H groups in total. The van der Waals surface area contributed by atoms with Crippen LogP contribution in [0.1, 0.15) is 40.1 Å². The molecular weight excluding hydrogens is 396 g/mol. The van der Waals surface area contributed by atoms with Gasteiger partial charge in [-0.3, -0.25) is 0 Å². The van der Waals surface area contributed by atoms with E-state index in [4.69, 9.17) is 11.6 Å². The van der Waals surface area contributed by atoms with E-state index in [0.29, 0.717) is 23.8 Å². The first-order valence-electron chi connectivity index (χ1n) is 9.91. The van der Waals surface area contributed by atoms with Crippen molar-refractivity contribution >= 4 is 28.5 Å². The largest absolute Gasteiger partial charge is 0.477 e. The maximum Gasteiger partial charge on any atom is 0.352 e. The molecule has 30 heavy (non-hydrogen) atoms. The average Bonchev–Trinajstić information content (AvgIpc) is 3.08. The zero-order valence-electron chi connectivity index (χ0n) is 16.7. The number of fused-ring (bicyclic) bond motifs is 1. The number of carboxylic acid groups (broad SMARTS) is 1. The van der Waals surface area contributed by atoms with Crippen LogP contribution >= 0.6 is 11.6 Å². The first-order chi connectivity index (χ1) is 14.6. The van der Waals surface area contributed by atoms with Gasteiger partial charge in [0, 0.05) is 40.6 Å². The number of aromatic carboxylic acids is 1. The van der Waals surface area contributed by atoms with Crippen LogP contribution in [-0.4, -0.2) is 15.6 Å².